The van der Waals surface area contributed by atoms with Gasteiger partial charge in [-0.05, 0) is 17.9 Å². The van der Waals surface area contributed by atoms with Gasteiger partial charge in [-0.3, -0.25) is 4.79 Å². The number of carboxylic acid groups (broad SMARTS) is 1. The fourth-order valence-corrected chi connectivity index (χ4v) is 2.12. The molecule has 0 radical (unpaired) electrons. The number of carbonyl (C=O) groups excluding carboxylic acids is 1. The van der Waals surface area contributed by atoms with Crippen LogP contribution in [0.25, 0.3) is 0 Å². The third kappa shape index (κ3) is 4.75. The molecule has 0 aromatic carbocycles. The molecule has 0 bridgehead atoms. The lowest BCUT2D eigenvalue weighted by molar-refractivity contribution is -0.141. The Bertz CT molecular complexity index is 392. The second kappa shape index (κ2) is 7.00. The van der Waals surface area contributed by atoms with Crippen LogP contribution in [0, 0.1) is 5.92 Å². The number of hydrogen-bond donors (Lipinski definition) is 2. The van der Waals surface area contributed by atoms with Crippen LogP contribution in [0.15, 0.2) is 17.5 Å². The SMILES string of the molecule is CC(CCNC(=O)N(C)Cc1cccs1)C(=O)O. The number of nitrogens with zero attached hydrogens (tertiary/aromatic N) is 1. The van der Waals surface area contributed by atoms with Crippen LogP contribution in [0.4, 0.5) is 4.79 Å². The van der Waals surface area contributed by atoms with E-state index in [1.54, 1.807) is 30.2 Å². The van der Waals surface area contributed by atoms with E-state index in [1.807, 2.05) is 17.5 Å². The minimum absolute atomic E-state index is 0.180. The van der Waals surface area contributed by atoms with Crippen molar-refractivity contribution in [2.24, 2.45) is 5.92 Å². The van der Waals surface area contributed by atoms with Crippen molar-refractivity contribution in [2.75, 3.05) is 13.6 Å². The fourth-order valence-electron chi connectivity index (χ4n) is 1.36. The molecule has 1 rings (SSSR count). The predicted molar refractivity (Wildman–Crippen MR) is 70.6 cm³/mol. The number of thiophene rings is 1. The molecule has 0 aliphatic rings. The van der Waals surface area contributed by atoms with E-state index in [2.05, 4.69) is 5.32 Å². The van der Waals surface area contributed by atoms with E-state index in [0.29, 0.717) is 19.5 Å². The zero-order chi connectivity index (χ0) is 13.5. The normalized spacial score (nSPS) is 11.9. The Balaban J connectivity index is 2.26. The van der Waals surface area contributed by atoms with Crippen LogP contribution in [0.3, 0.4) is 0 Å². The highest BCUT2D eigenvalue weighted by atomic mass is 32.1. The van der Waals surface area contributed by atoms with Crippen molar-refractivity contribution in [1.29, 1.82) is 0 Å². The van der Waals surface area contributed by atoms with Gasteiger partial charge in [0.05, 0.1) is 12.5 Å². The number of hydrogen-bond acceptors (Lipinski definition) is 3. The lowest BCUT2D eigenvalue weighted by Gasteiger charge is -2.17. The average molecular weight is 270 g/mol. The van der Waals surface area contributed by atoms with Crippen LogP contribution in [-0.4, -0.2) is 35.6 Å². The van der Waals surface area contributed by atoms with E-state index in [-0.39, 0.29) is 6.03 Å². The summed E-state index contributed by atoms with van der Waals surface area (Å²) in [7, 11) is 1.72. The molecule has 1 aromatic heterocycles. The molecular formula is C12H18N2O3S. The summed E-state index contributed by atoms with van der Waals surface area (Å²) in [5.74, 6) is -1.27. The average Bonchev–Trinajstić information content (AvgIpc) is 2.81. The third-order valence-electron chi connectivity index (χ3n) is 2.59. The predicted octanol–water partition coefficient (Wildman–Crippen LogP) is 2.00. The quantitative estimate of drug-likeness (QED) is 0.830. The monoisotopic (exact) mass is 270 g/mol. The summed E-state index contributed by atoms with van der Waals surface area (Å²) in [6, 6.07) is 3.74. The van der Waals surface area contributed by atoms with Crippen LogP contribution in [0.1, 0.15) is 18.2 Å². The second-order valence-corrected chi connectivity index (χ2v) is 5.23. The molecule has 100 valence electrons. The minimum atomic E-state index is -0.837. The van der Waals surface area contributed by atoms with Gasteiger partial charge in [0.2, 0.25) is 0 Å². The van der Waals surface area contributed by atoms with Gasteiger partial charge in [-0.1, -0.05) is 13.0 Å². The van der Waals surface area contributed by atoms with Crippen molar-refractivity contribution in [3.63, 3.8) is 0 Å². The molecule has 0 spiro atoms. The zero-order valence-corrected chi connectivity index (χ0v) is 11.4. The first kappa shape index (κ1) is 14.5. The maximum absolute atomic E-state index is 11.7. The van der Waals surface area contributed by atoms with Crippen molar-refractivity contribution in [1.82, 2.24) is 10.2 Å². The number of urea groups is 1. The minimum Gasteiger partial charge on any atom is -0.481 e. The summed E-state index contributed by atoms with van der Waals surface area (Å²) in [4.78, 5) is 25.0. The van der Waals surface area contributed by atoms with Crippen molar-refractivity contribution < 1.29 is 14.7 Å². The first-order valence-electron chi connectivity index (χ1n) is 5.75. The maximum Gasteiger partial charge on any atom is 0.317 e. The van der Waals surface area contributed by atoms with Gasteiger partial charge in [-0.2, -0.15) is 0 Å². The Labute approximate surface area is 110 Å². The van der Waals surface area contributed by atoms with Crippen LogP contribution in [-0.2, 0) is 11.3 Å². The molecule has 0 fully saturated rings. The molecule has 1 atom stereocenters. The summed E-state index contributed by atoms with van der Waals surface area (Å²) in [5, 5.41) is 13.4. The highest BCUT2D eigenvalue weighted by Gasteiger charge is 2.12. The molecule has 1 heterocycles. The molecule has 18 heavy (non-hydrogen) atoms. The summed E-state index contributed by atoms with van der Waals surface area (Å²) in [6.45, 7) is 2.57. The van der Waals surface area contributed by atoms with Crippen LogP contribution < -0.4 is 5.32 Å². The van der Waals surface area contributed by atoms with Gasteiger partial charge in [0.25, 0.3) is 0 Å². The van der Waals surface area contributed by atoms with Crippen molar-refractivity contribution in [3.05, 3.63) is 22.4 Å². The third-order valence-corrected chi connectivity index (χ3v) is 3.46. The molecular weight excluding hydrogens is 252 g/mol. The molecule has 6 heteroatoms. The number of amides is 2. The standard InChI is InChI=1S/C12H18N2O3S/c1-9(11(15)16)5-6-13-12(17)14(2)8-10-4-3-7-18-10/h3-4,7,9H,5-6,8H2,1-2H3,(H,13,17)(H,15,16). The van der Waals surface area contributed by atoms with Crippen LogP contribution in [0.5, 0.6) is 0 Å². The molecule has 0 aliphatic heterocycles. The van der Waals surface area contributed by atoms with E-state index in [1.165, 1.54) is 0 Å². The topological polar surface area (TPSA) is 69.6 Å². The zero-order valence-electron chi connectivity index (χ0n) is 10.5. The number of carbonyl (C=O) groups is 2. The Kier molecular flexibility index (Phi) is 5.64. The van der Waals surface area contributed by atoms with Gasteiger partial charge in [0.1, 0.15) is 0 Å². The Morgan fingerprint density at radius 2 is 2.28 bits per heavy atom. The van der Waals surface area contributed by atoms with E-state index in [4.69, 9.17) is 5.11 Å². The fraction of sp³-hybridized carbons (Fsp3) is 0.500. The first-order valence-corrected chi connectivity index (χ1v) is 6.63. The van der Waals surface area contributed by atoms with Gasteiger partial charge >= 0.3 is 12.0 Å². The molecule has 1 unspecified atom stereocenters. The smallest absolute Gasteiger partial charge is 0.317 e. The number of rotatable bonds is 6. The van der Waals surface area contributed by atoms with Gasteiger partial charge in [0, 0.05) is 18.5 Å². The molecule has 2 amide bonds. The van der Waals surface area contributed by atoms with Crippen LogP contribution >= 0.6 is 11.3 Å². The number of aliphatic carboxylic acids is 1. The Morgan fingerprint density at radius 3 is 2.83 bits per heavy atom. The lowest BCUT2D eigenvalue weighted by atomic mass is 10.1. The molecule has 0 saturated carbocycles. The maximum atomic E-state index is 11.7. The van der Waals surface area contributed by atoms with E-state index in [0.717, 1.165) is 4.88 Å². The number of carboxylic acids is 1. The van der Waals surface area contributed by atoms with Gasteiger partial charge in [-0.15, -0.1) is 11.3 Å². The molecule has 1 aromatic rings. The first-order chi connectivity index (χ1) is 8.50. The van der Waals surface area contributed by atoms with E-state index >= 15 is 0 Å². The molecule has 2 N–H and O–H groups in total. The van der Waals surface area contributed by atoms with Gasteiger partial charge < -0.3 is 15.3 Å². The van der Waals surface area contributed by atoms with Crippen molar-refractivity contribution in [3.8, 4) is 0 Å². The van der Waals surface area contributed by atoms with Gasteiger partial charge in [0.15, 0.2) is 0 Å². The molecule has 5 nitrogen and oxygen atoms in total. The lowest BCUT2D eigenvalue weighted by Crippen LogP contribution is -2.37. The van der Waals surface area contributed by atoms with Crippen molar-refractivity contribution in [2.45, 2.75) is 19.9 Å². The summed E-state index contributed by atoms with van der Waals surface area (Å²) in [6.07, 6.45) is 0.438. The Hall–Kier alpha value is -1.56. The summed E-state index contributed by atoms with van der Waals surface area (Å²) < 4.78 is 0. The highest BCUT2D eigenvalue weighted by molar-refractivity contribution is 7.09. The molecule has 0 saturated heterocycles. The highest BCUT2D eigenvalue weighted by Crippen LogP contribution is 2.10. The Morgan fingerprint density at radius 1 is 1.56 bits per heavy atom. The largest absolute Gasteiger partial charge is 0.481 e. The van der Waals surface area contributed by atoms with E-state index in [9.17, 15) is 9.59 Å². The molecule has 0 aliphatic carbocycles. The van der Waals surface area contributed by atoms with Gasteiger partial charge in [-0.25, -0.2) is 4.79 Å². The van der Waals surface area contributed by atoms with Crippen LogP contribution in [0.2, 0.25) is 0 Å². The summed E-state index contributed by atoms with van der Waals surface area (Å²) in [5.41, 5.74) is 0. The van der Waals surface area contributed by atoms with E-state index < -0.39 is 11.9 Å². The summed E-state index contributed by atoms with van der Waals surface area (Å²) >= 11 is 1.60. The second-order valence-electron chi connectivity index (χ2n) is 4.20. The van der Waals surface area contributed by atoms with Crippen molar-refractivity contribution >= 4 is 23.3 Å². The number of nitrogens with one attached hydrogen (secondary N) is 1.